The molecule has 28 heavy (non-hydrogen) atoms. The Bertz CT molecular complexity index is 957. The molecular weight excluding hydrogens is 352 g/mol. The molecule has 0 saturated carbocycles. The molecule has 0 bridgehead atoms. The van der Waals surface area contributed by atoms with E-state index in [1.165, 1.54) is 6.08 Å². The van der Waals surface area contributed by atoms with E-state index in [2.05, 4.69) is 20.6 Å². The minimum atomic E-state index is -0.414. The summed E-state index contributed by atoms with van der Waals surface area (Å²) in [5.74, 6) is 0.681. The van der Waals surface area contributed by atoms with E-state index in [9.17, 15) is 4.79 Å². The maximum atomic E-state index is 12.0. The lowest BCUT2D eigenvalue weighted by Crippen LogP contribution is -2.08. The van der Waals surface area contributed by atoms with Gasteiger partial charge >= 0.3 is 5.97 Å². The van der Waals surface area contributed by atoms with Gasteiger partial charge < -0.3 is 15.4 Å². The number of hydrogen-bond donors (Lipinski definition) is 2. The van der Waals surface area contributed by atoms with Gasteiger partial charge in [-0.2, -0.15) is 4.98 Å². The van der Waals surface area contributed by atoms with Gasteiger partial charge in [0.2, 0.25) is 5.95 Å². The van der Waals surface area contributed by atoms with Crippen molar-refractivity contribution in [2.75, 3.05) is 10.6 Å². The van der Waals surface area contributed by atoms with Crippen molar-refractivity contribution in [2.24, 2.45) is 0 Å². The molecule has 0 radical (unpaired) electrons. The van der Waals surface area contributed by atoms with E-state index in [0.717, 1.165) is 16.8 Å². The fraction of sp³-hybridized carbons (Fsp3) is 0.136. The average Bonchev–Trinajstić information content (AvgIpc) is 2.70. The molecular formula is C22H22N4O2. The number of carbonyl (C=O) groups is 1. The monoisotopic (exact) mass is 374 g/mol. The van der Waals surface area contributed by atoms with Crippen LogP contribution in [0.3, 0.4) is 0 Å². The molecule has 1 aromatic heterocycles. The van der Waals surface area contributed by atoms with Crippen LogP contribution >= 0.6 is 0 Å². The number of benzene rings is 2. The van der Waals surface area contributed by atoms with Gasteiger partial charge in [0.15, 0.2) is 0 Å². The number of aromatic nitrogens is 2. The van der Waals surface area contributed by atoms with Gasteiger partial charge in [0.05, 0.1) is 0 Å². The third-order valence-corrected chi connectivity index (χ3v) is 3.88. The summed E-state index contributed by atoms with van der Waals surface area (Å²) in [5.41, 5.74) is 3.33. The van der Waals surface area contributed by atoms with Crippen molar-refractivity contribution >= 4 is 23.4 Å². The smallest absolute Gasteiger partial charge is 0.332 e. The Balaban J connectivity index is 1.62. The minimum Gasteiger partial charge on any atom is -0.458 e. The van der Waals surface area contributed by atoms with E-state index in [4.69, 9.17) is 4.74 Å². The summed E-state index contributed by atoms with van der Waals surface area (Å²) in [6.07, 6.45) is 3.14. The average molecular weight is 374 g/mol. The largest absolute Gasteiger partial charge is 0.458 e. The van der Waals surface area contributed by atoms with E-state index >= 15 is 0 Å². The van der Waals surface area contributed by atoms with Crippen molar-refractivity contribution < 1.29 is 9.53 Å². The highest BCUT2D eigenvalue weighted by Gasteiger charge is 2.06. The molecule has 3 aromatic rings. The first-order valence-corrected chi connectivity index (χ1v) is 8.92. The molecule has 0 amide bonds. The van der Waals surface area contributed by atoms with Crippen LogP contribution in [0.15, 0.2) is 78.6 Å². The van der Waals surface area contributed by atoms with E-state index in [1.807, 2.05) is 67.6 Å². The summed E-state index contributed by atoms with van der Waals surface area (Å²) in [7, 11) is 0. The second-order valence-corrected chi connectivity index (χ2v) is 6.26. The lowest BCUT2D eigenvalue weighted by molar-refractivity contribution is -0.139. The van der Waals surface area contributed by atoms with Crippen LogP contribution in [0.1, 0.15) is 18.1 Å². The normalized spacial score (nSPS) is 11.0. The van der Waals surface area contributed by atoms with Crippen molar-refractivity contribution in [2.45, 2.75) is 20.5 Å². The number of ether oxygens (including phenoxy) is 1. The van der Waals surface area contributed by atoms with Gasteiger partial charge in [-0.3, -0.25) is 0 Å². The van der Waals surface area contributed by atoms with Crippen LogP contribution in [0.5, 0.6) is 0 Å². The van der Waals surface area contributed by atoms with E-state index < -0.39 is 5.97 Å². The molecule has 0 atom stereocenters. The van der Waals surface area contributed by atoms with Crippen LogP contribution < -0.4 is 10.6 Å². The molecule has 0 spiro atoms. The van der Waals surface area contributed by atoms with Crippen LogP contribution in [0, 0.1) is 6.92 Å². The number of nitrogens with zero attached hydrogens (tertiary/aromatic N) is 2. The zero-order chi connectivity index (χ0) is 19.8. The Morgan fingerprint density at radius 3 is 2.46 bits per heavy atom. The number of nitrogens with one attached hydrogen (secondary N) is 2. The second kappa shape index (κ2) is 9.32. The zero-order valence-electron chi connectivity index (χ0n) is 15.8. The van der Waals surface area contributed by atoms with Gasteiger partial charge in [0.1, 0.15) is 12.4 Å². The second-order valence-electron chi connectivity index (χ2n) is 6.26. The van der Waals surface area contributed by atoms with Crippen molar-refractivity contribution in [3.63, 3.8) is 0 Å². The fourth-order valence-corrected chi connectivity index (χ4v) is 2.45. The number of esters is 1. The summed E-state index contributed by atoms with van der Waals surface area (Å²) < 4.78 is 5.27. The zero-order valence-corrected chi connectivity index (χ0v) is 15.8. The molecule has 0 aliphatic carbocycles. The SMILES string of the molecule is CC(=CC(=O)OCc1ccccc1)Nc1nc(Nc2ccccc2)ncc1C. The van der Waals surface area contributed by atoms with E-state index in [0.29, 0.717) is 17.5 Å². The predicted octanol–water partition coefficient (Wildman–Crippen LogP) is 4.59. The van der Waals surface area contributed by atoms with E-state index in [1.54, 1.807) is 13.1 Å². The molecule has 2 aromatic carbocycles. The molecule has 3 rings (SSSR count). The molecule has 0 unspecified atom stereocenters. The van der Waals surface area contributed by atoms with Crippen LogP contribution in [-0.2, 0) is 16.1 Å². The van der Waals surface area contributed by atoms with Gasteiger partial charge in [0, 0.05) is 29.2 Å². The molecule has 6 heteroatoms. The molecule has 0 aliphatic rings. The van der Waals surface area contributed by atoms with Gasteiger partial charge in [-0.25, -0.2) is 9.78 Å². The lowest BCUT2D eigenvalue weighted by atomic mass is 10.2. The summed E-state index contributed by atoms with van der Waals surface area (Å²) in [5, 5.41) is 6.29. The number of hydrogen-bond acceptors (Lipinski definition) is 6. The Hall–Kier alpha value is -3.67. The summed E-state index contributed by atoms with van der Waals surface area (Å²) in [6.45, 7) is 3.92. The summed E-state index contributed by atoms with van der Waals surface area (Å²) >= 11 is 0. The van der Waals surface area contributed by atoms with Crippen molar-refractivity contribution in [3.8, 4) is 0 Å². The van der Waals surface area contributed by atoms with E-state index in [-0.39, 0.29) is 6.61 Å². The van der Waals surface area contributed by atoms with Crippen LogP contribution in [0.25, 0.3) is 0 Å². The number of aryl methyl sites for hydroxylation is 1. The predicted molar refractivity (Wildman–Crippen MR) is 110 cm³/mol. The number of rotatable bonds is 7. The van der Waals surface area contributed by atoms with Gasteiger partial charge in [-0.05, 0) is 31.5 Å². The Kier molecular flexibility index (Phi) is 6.36. The number of allylic oxidation sites excluding steroid dienone is 1. The summed E-state index contributed by atoms with van der Waals surface area (Å²) in [6, 6.07) is 19.2. The highest BCUT2D eigenvalue weighted by molar-refractivity contribution is 5.83. The van der Waals surface area contributed by atoms with Crippen molar-refractivity contribution in [3.05, 3.63) is 89.8 Å². The van der Waals surface area contributed by atoms with Crippen LogP contribution in [0.2, 0.25) is 0 Å². The third kappa shape index (κ3) is 5.67. The molecule has 142 valence electrons. The lowest BCUT2D eigenvalue weighted by Gasteiger charge is -2.11. The highest BCUT2D eigenvalue weighted by Crippen LogP contribution is 2.18. The number of anilines is 3. The maximum absolute atomic E-state index is 12.0. The maximum Gasteiger partial charge on any atom is 0.332 e. The Morgan fingerprint density at radius 1 is 1.07 bits per heavy atom. The van der Waals surface area contributed by atoms with Gasteiger partial charge in [0.25, 0.3) is 0 Å². The highest BCUT2D eigenvalue weighted by atomic mass is 16.5. The number of para-hydroxylation sites is 1. The van der Waals surface area contributed by atoms with Gasteiger partial charge in [-0.15, -0.1) is 0 Å². The molecule has 0 aliphatic heterocycles. The molecule has 6 nitrogen and oxygen atoms in total. The quantitative estimate of drug-likeness (QED) is 0.465. The van der Waals surface area contributed by atoms with Crippen LogP contribution in [0.4, 0.5) is 17.5 Å². The number of carbonyl (C=O) groups excluding carboxylic acids is 1. The molecule has 1 heterocycles. The first kappa shape index (κ1) is 19.1. The standard InChI is InChI=1S/C22H22N4O2/c1-16-14-23-22(25-19-11-7-4-8-12-19)26-21(16)24-17(2)13-20(27)28-15-18-9-5-3-6-10-18/h3-14H,15H2,1-2H3,(H2,23,24,25,26). The molecule has 2 N–H and O–H groups in total. The minimum absolute atomic E-state index is 0.237. The topological polar surface area (TPSA) is 76.1 Å². The third-order valence-electron chi connectivity index (χ3n) is 3.88. The van der Waals surface area contributed by atoms with Crippen molar-refractivity contribution in [1.82, 2.24) is 9.97 Å². The first-order valence-electron chi connectivity index (χ1n) is 8.92. The molecule has 0 saturated heterocycles. The summed E-state index contributed by atoms with van der Waals surface area (Å²) in [4.78, 5) is 20.8. The van der Waals surface area contributed by atoms with Gasteiger partial charge in [-0.1, -0.05) is 48.5 Å². The fourth-order valence-electron chi connectivity index (χ4n) is 2.45. The van der Waals surface area contributed by atoms with Crippen LogP contribution in [-0.4, -0.2) is 15.9 Å². The van der Waals surface area contributed by atoms with Crippen molar-refractivity contribution in [1.29, 1.82) is 0 Å². The molecule has 0 fully saturated rings. The Morgan fingerprint density at radius 2 is 1.75 bits per heavy atom. The Labute approximate surface area is 164 Å². The first-order chi connectivity index (χ1) is 13.6.